The molecule has 0 fully saturated rings. The highest BCUT2D eigenvalue weighted by Crippen LogP contribution is 2.22. The third-order valence-corrected chi connectivity index (χ3v) is 2.31. The van der Waals surface area contributed by atoms with E-state index in [1.54, 1.807) is 0 Å². The molecule has 1 aliphatic carbocycles. The predicted octanol–water partition coefficient (Wildman–Crippen LogP) is 2.91. The van der Waals surface area contributed by atoms with Crippen molar-refractivity contribution >= 4 is 8.32 Å². The minimum atomic E-state index is -1.29. The lowest BCUT2D eigenvalue weighted by Crippen LogP contribution is -2.24. The van der Waals surface area contributed by atoms with Crippen LogP contribution in [0.5, 0.6) is 0 Å². The number of hydrogen-bond donors (Lipinski definition) is 0. The minimum absolute atomic E-state index is 1.17. The van der Waals surface area contributed by atoms with Crippen LogP contribution in [0.4, 0.5) is 0 Å². The Labute approximate surface area is 64.2 Å². The Morgan fingerprint density at radius 3 is 2.50 bits per heavy atom. The fraction of sp³-hybridized carbons (Fsp3) is 0.750. The second kappa shape index (κ2) is 2.78. The van der Waals surface area contributed by atoms with Crippen molar-refractivity contribution in [3.05, 3.63) is 11.8 Å². The monoisotopic (exact) mass is 156 g/mol. The van der Waals surface area contributed by atoms with Crippen LogP contribution in [0, 0.1) is 0 Å². The lowest BCUT2D eigenvalue weighted by molar-refractivity contribution is 0.408. The highest BCUT2D eigenvalue weighted by Gasteiger charge is 2.18. The van der Waals surface area contributed by atoms with E-state index in [4.69, 9.17) is 4.43 Å². The molecule has 0 N–H and O–H groups in total. The fourth-order valence-corrected chi connectivity index (χ4v) is 2.10. The summed E-state index contributed by atoms with van der Waals surface area (Å²) in [5, 5.41) is 0. The van der Waals surface area contributed by atoms with Crippen LogP contribution in [0.1, 0.15) is 19.3 Å². The molecule has 0 aliphatic heterocycles. The summed E-state index contributed by atoms with van der Waals surface area (Å²) in [4.78, 5) is 0. The first kappa shape index (κ1) is 7.86. The van der Waals surface area contributed by atoms with Crippen molar-refractivity contribution in [2.75, 3.05) is 0 Å². The van der Waals surface area contributed by atoms with E-state index < -0.39 is 8.32 Å². The Balaban J connectivity index is 2.38. The van der Waals surface area contributed by atoms with Gasteiger partial charge < -0.3 is 4.43 Å². The summed E-state index contributed by atoms with van der Waals surface area (Å²) < 4.78 is 5.80. The zero-order valence-electron chi connectivity index (χ0n) is 7.11. The molecule has 2 heteroatoms. The molecule has 10 heavy (non-hydrogen) atoms. The van der Waals surface area contributed by atoms with Gasteiger partial charge in [-0.15, -0.1) is 0 Å². The topological polar surface area (TPSA) is 9.23 Å². The highest BCUT2D eigenvalue weighted by molar-refractivity contribution is 6.70. The van der Waals surface area contributed by atoms with E-state index in [0.717, 1.165) is 0 Å². The standard InChI is InChI=1S/C8H16OSi/c1-10(2,3)9-8-6-4-5-7-8/h6H,4-5,7H2,1-3H3. The Bertz CT molecular complexity index is 144. The van der Waals surface area contributed by atoms with Crippen molar-refractivity contribution in [1.29, 1.82) is 0 Å². The van der Waals surface area contributed by atoms with Crippen LogP contribution in [0.3, 0.4) is 0 Å². The largest absolute Gasteiger partial charge is 0.548 e. The summed E-state index contributed by atoms with van der Waals surface area (Å²) in [5.74, 6) is 1.25. The SMILES string of the molecule is C[Si](C)(C)OC1=CCCC1. The summed E-state index contributed by atoms with van der Waals surface area (Å²) in [5.41, 5.74) is 0. The molecule has 0 saturated heterocycles. The molecule has 58 valence electrons. The zero-order chi connectivity index (χ0) is 7.61. The molecular formula is C8H16OSi. The Morgan fingerprint density at radius 2 is 2.10 bits per heavy atom. The maximum Gasteiger partial charge on any atom is 0.241 e. The van der Waals surface area contributed by atoms with Gasteiger partial charge in [-0.05, 0) is 38.6 Å². The molecule has 0 aromatic carbocycles. The first-order valence-corrected chi connectivity index (χ1v) is 7.37. The second-order valence-corrected chi connectivity index (χ2v) is 8.21. The van der Waals surface area contributed by atoms with Crippen LogP contribution in [0.2, 0.25) is 19.6 Å². The van der Waals surface area contributed by atoms with Gasteiger partial charge in [0.15, 0.2) is 0 Å². The molecule has 1 nitrogen and oxygen atoms in total. The highest BCUT2D eigenvalue weighted by atomic mass is 28.4. The van der Waals surface area contributed by atoms with Crippen LogP contribution in [0.25, 0.3) is 0 Å². The third kappa shape index (κ3) is 2.56. The van der Waals surface area contributed by atoms with E-state index in [1.165, 1.54) is 25.0 Å². The Hall–Kier alpha value is -0.243. The van der Waals surface area contributed by atoms with E-state index >= 15 is 0 Å². The molecule has 0 spiro atoms. The second-order valence-electron chi connectivity index (χ2n) is 3.78. The fourth-order valence-electron chi connectivity index (χ4n) is 1.13. The average molecular weight is 156 g/mol. The molecule has 0 amide bonds. The van der Waals surface area contributed by atoms with Crippen molar-refractivity contribution in [3.8, 4) is 0 Å². The summed E-state index contributed by atoms with van der Waals surface area (Å²) in [6, 6.07) is 0. The Morgan fingerprint density at radius 1 is 1.40 bits per heavy atom. The molecule has 0 aromatic rings. The van der Waals surface area contributed by atoms with Gasteiger partial charge in [-0.25, -0.2) is 0 Å². The van der Waals surface area contributed by atoms with Crippen LogP contribution in [-0.2, 0) is 4.43 Å². The molecule has 0 bridgehead atoms. The van der Waals surface area contributed by atoms with Crippen LogP contribution in [-0.4, -0.2) is 8.32 Å². The van der Waals surface area contributed by atoms with Gasteiger partial charge in [0.1, 0.15) is 0 Å². The number of allylic oxidation sites excluding steroid dienone is 2. The van der Waals surface area contributed by atoms with E-state index in [9.17, 15) is 0 Å². The summed E-state index contributed by atoms with van der Waals surface area (Å²) in [7, 11) is -1.29. The van der Waals surface area contributed by atoms with Crippen LogP contribution in [0.15, 0.2) is 11.8 Å². The van der Waals surface area contributed by atoms with Gasteiger partial charge in [-0.3, -0.25) is 0 Å². The van der Waals surface area contributed by atoms with E-state index in [-0.39, 0.29) is 0 Å². The number of rotatable bonds is 2. The molecule has 0 radical (unpaired) electrons. The maximum absolute atomic E-state index is 5.80. The zero-order valence-corrected chi connectivity index (χ0v) is 8.11. The Kier molecular flexibility index (Phi) is 2.19. The minimum Gasteiger partial charge on any atom is -0.548 e. The summed E-state index contributed by atoms with van der Waals surface area (Å²) >= 11 is 0. The van der Waals surface area contributed by atoms with Gasteiger partial charge in [0.25, 0.3) is 0 Å². The molecule has 0 unspecified atom stereocenters. The van der Waals surface area contributed by atoms with Gasteiger partial charge >= 0.3 is 0 Å². The summed E-state index contributed by atoms with van der Waals surface area (Å²) in [6.45, 7) is 6.68. The summed E-state index contributed by atoms with van der Waals surface area (Å²) in [6.07, 6.45) is 5.92. The van der Waals surface area contributed by atoms with Gasteiger partial charge in [-0.2, -0.15) is 0 Å². The molecule has 1 aliphatic rings. The van der Waals surface area contributed by atoms with Crippen molar-refractivity contribution in [3.63, 3.8) is 0 Å². The van der Waals surface area contributed by atoms with Gasteiger partial charge in [0, 0.05) is 6.42 Å². The average Bonchev–Trinajstić information content (AvgIpc) is 2.12. The van der Waals surface area contributed by atoms with Crippen molar-refractivity contribution < 1.29 is 4.43 Å². The molecular weight excluding hydrogens is 140 g/mol. The molecule has 0 heterocycles. The van der Waals surface area contributed by atoms with Crippen molar-refractivity contribution in [2.45, 2.75) is 38.9 Å². The maximum atomic E-state index is 5.80. The van der Waals surface area contributed by atoms with Crippen molar-refractivity contribution in [1.82, 2.24) is 0 Å². The van der Waals surface area contributed by atoms with Gasteiger partial charge in [-0.1, -0.05) is 0 Å². The normalized spacial score (nSPS) is 18.9. The van der Waals surface area contributed by atoms with Gasteiger partial charge in [0.05, 0.1) is 5.76 Å². The van der Waals surface area contributed by atoms with E-state index in [0.29, 0.717) is 0 Å². The molecule has 0 saturated carbocycles. The van der Waals surface area contributed by atoms with Crippen LogP contribution >= 0.6 is 0 Å². The third-order valence-electron chi connectivity index (χ3n) is 1.44. The lowest BCUT2D eigenvalue weighted by atomic mass is 10.4. The van der Waals surface area contributed by atoms with E-state index in [2.05, 4.69) is 25.7 Å². The molecule has 0 aromatic heterocycles. The first-order valence-electron chi connectivity index (χ1n) is 3.96. The quantitative estimate of drug-likeness (QED) is 0.559. The first-order chi connectivity index (χ1) is 4.58. The molecule has 0 atom stereocenters. The smallest absolute Gasteiger partial charge is 0.241 e. The lowest BCUT2D eigenvalue weighted by Gasteiger charge is -2.19. The van der Waals surface area contributed by atoms with E-state index in [1.807, 2.05) is 0 Å². The number of hydrogen-bond acceptors (Lipinski definition) is 1. The predicted molar refractivity (Wildman–Crippen MR) is 46.4 cm³/mol. The van der Waals surface area contributed by atoms with Gasteiger partial charge in [0.2, 0.25) is 8.32 Å². The van der Waals surface area contributed by atoms with Crippen molar-refractivity contribution in [2.24, 2.45) is 0 Å². The van der Waals surface area contributed by atoms with Crippen LogP contribution < -0.4 is 0 Å². The molecule has 1 rings (SSSR count).